The molecule has 0 aliphatic carbocycles. The van der Waals surface area contributed by atoms with Crippen LogP contribution in [0.25, 0.3) is 0 Å². The van der Waals surface area contributed by atoms with E-state index in [1.807, 2.05) is 0 Å². The molecule has 0 bridgehead atoms. The Hall–Kier alpha value is -0.120. The molecule has 0 radical (unpaired) electrons. The molecule has 2 aliphatic rings. The van der Waals surface area contributed by atoms with E-state index in [9.17, 15) is 0 Å². The molecule has 0 saturated carbocycles. The zero-order valence-electron chi connectivity index (χ0n) is 10.6. The van der Waals surface area contributed by atoms with Crippen LogP contribution < -0.4 is 5.32 Å². The summed E-state index contributed by atoms with van der Waals surface area (Å²) in [5, 5.41) is 3.64. The number of hydrogen-bond donors (Lipinski definition) is 1. The smallest absolute Gasteiger partial charge is 0.0507 e. The van der Waals surface area contributed by atoms with Gasteiger partial charge in [-0.3, -0.25) is 4.90 Å². The Morgan fingerprint density at radius 2 is 2.19 bits per heavy atom. The predicted octanol–water partition coefficient (Wildman–Crippen LogP) is 1.49. The van der Waals surface area contributed by atoms with Crippen molar-refractivity contribution in [1.29, 1.82) is 0 Å². The lowest BCUT2D eigenvalue weighted by atomic mass is 10.0. The topological polar surface area (TPSA) is 24.5 Å². The van der Waals surface area contributed by atoms with Crippen LogP contribution in [0.3, 0.4) is 0 Å². The first-order valence-corrected chi connectivity index (χ1v) is 6.92. The zero-order chi connectivity index (χ0) is 11.2. The summed E-state index contributed by atoms with van der Waals surface area (Å²) in [6, 6.07) is 0.779. The number of likely N-dealkylation sites (tertiary alicyclic amines) is 1. The third-order valence-corrected chi connectivity index (χ3v) is 3.99. The SMILES string of the molecule is CCN1CCCCC1CNCC1CCOC1. The summed E-state index contributed by atoms with van der Waals surface area (Å²) in [4.78, 5) is 2.63. The molecule has 0 amide bonds. The molecule has 3 heteroatoms. The van der Waals surface area contributed by atoms with E-state index in [0.717, 1.165) is 31.7 Å². The molecule has 2 fully saturated rings. The van der Waals surface area contributed by atoms with Crippen molar-refractivity contribution in [3.05, 3.63) is 0 Å². The number of nitrogens with zero attached hydrogens (tertiary/aromatic N) is 1. The van der Waals surface area contributed by atoms with E-state index in [-0.39, 0.29) is 0 Å². The Kier molecular flexibility index (Phi) is 5.07. The number of ether oxygens (including phenoxy) is 1. The van der Waals surface area contributed by atoms with E-state index in [4.69, 9.17) is 4.74 Å². The van der Waals surface area contributed by atoms with E-state index in [0.29, 0.717) is 0 Å². The average molecular weight is 226 g/mol. The number of nitrogens with one attached hydrogen (secondary N) is 1. The van der Waals surface area contributed by atoms with Crippen LogP contribution in [0, 0.1) is 5.92 Å². The van der Waals surface area contributed by atoms with Gasteiger partial charge >= 0.3 is 0 Å². The van der Waals surface area contributed by atoms with Gasteiger partial charge in [0.2, 0.25) is 0 Å². The lowest BCUT2D eigenvalue weighted by Crippen LogP contribution is -2.46. The Balaban J connectivity index is 1.63. The number of hydrogen-bond acceptors (Lipinski definition) is 3. The van der Waals surface area contributed by atoms with Gasteiger partial charge in [0.15, 0.2) is 0 Å². The van der Waals surface area contributed by atoms with Gasteiger partial charge in [-0.25, -0.2) is 0 Å². The van der Waals surface area contributed by atoms with Crippen LogP contribution in [0.15, 0.2) is 0 Å². The lowest BCUT2D eigenvalue weighted by molar-refractivity contribution is 0.150. The maximum absolute atomic E-state index is 5.39. The van der Waals surface area contributed by atoms with Crippen molar-refractivity contribution in [2.45, 2.75) is 38.6 Å². The van der Waals surface area contributed by atoms with Crippen molar-refractivity contribution in [3.8, 4) is 0 Å². The predicted molar refractivity (Wildman–Crippen MR) is 66.7 cm³/mol. The number of piperidine rings is 1. The third kappa shape index (κ3) is 3.44. The Morgan fingerprint density at radius 3 is 2.94 bits per heavy atom. The maximum atomic E-state index is 5.39. The van der Waals surface area contributed by atoms with Crippen LogP contribution in [0.2, 0.25) is 0 Å². The highest BCUT2D eigenvalue weighted by molar-refractivity contribution is 4.78. The van der Waals surface area contributed by atoms with E-state index < -0.39 is 0 Å². The monoisotopic (exact) mass is 226 g/mol. The summed E-state index contributed by atoms with van der Waals surface area (Å²) in [6.45, 7) is 9.04. The molecule has 2 atom stereocenters. The van der Waals surface area contributed by atoms with Crippen LogP contribution in [-0.4, -0.2) is 50.3 Å². The molecule has 2 saturated heterocycles. The van der Waals surface area contributed by atoms with Gasteiger partial charge < -0.3 is 10.1 Å². The molecule has 16 heavy (non-hydrogen) atoms. The Morgan fingerprint density at radius 1 is 1.25 bits per heavy atom. The van der Waals surface area contributed by atoms with Crippen molar-refractivity contribution in [2.24, 2.45) is 5.92 Å². The molecule has 3 nitrogen and oxygen atoms in total. The van der Waals surface area contributed by atoms with Crippen molar-refractivity contribution < 1.29 is 4.74 Å². The fourth-order valence-corrected chi connectivity index (χ4v) is 2.91. The normalized spacial score (nSPS) is 32.1. The summed E-state index contributed by atoms with van der Waals surface area (Å²) in [5.74, 6) is 0.763. The van der Waals surface area contributed by atoms with Gasteiger partial charge in [0.1, 0.15) is 0 Å². The molecular weight excluding hydrogens is 200 g/mol. The second-order valence-corrected chi connectivity index (χ2v) is 5.17. The van der Waals surface area contributed by atoms with Crippen molar-refractivity contribution in [1.82, 2.24) is 10.2 Å². The zero-order valence-corrected chi connectivity index (χ0v) is 10.6. The fourth-order valence-electron chi connectivity index (χ4n) is 2.91. The molecule has 0 spiro atoms. The molecule has 1 N–H and O–H groups in total. The first kappa shape index (κ1) is 12.3. The van der Waals surface area contributed by atoms with Crippen LogP contribution in [0.5, 0.6) is 0 Å². The first-order valence-electron chi connectivity index (χ1n) is 6.92. The van der Waals surface area contributed by atoms with Crippen molar-refractivity contribution in [2.75, 3.05) is 39.4 Å². The summed E-state index contributed by atoms with van der Waals surface area (Å²) in [7, 11) is 0. The molecule has 0 aromatic carbocycles. The molecular formula is C13H26N2O. The number of likely N-dealkylation sites (N-methyl/N-ethyl adjacent to an activating group) is 1. The summed E-state index contributed by atoms with van der Waals surface area (Å²) in [5.41, 5.74) is 0. The van der Waals surface area contributed by atoms with Gasteiger partial charge in [-0.15, -0.1) is 0 Å². The molecule has 2 unspecified atom stereocenters. The fraction of sp³-hybridized carbons (Fsp3) is 1.00. The minimum atomic E-state index is 0.763. The van der Waals surface area contributed by atoms with Gasteiger partial charge in [0.25, 0.3) is 0 Å². The minimum Gasteiger partial charge on any atom is -0.381 e. The van der Waals surface area contributed by atoms with Crippen molar-refractivity contribution in [3.63, 3.8) is 0 Å². The largest absolute Gasteiger partial charge is 0.381 e. The van der Waals surface area contributed by atoms with E-state index >= 15 is 0 Å². The highest BCUT2D eigenvalue weighted by Gasteiger charge is 2.21. The summed E-state index contributed by atoms with van der Waals surface area (Å²) < 4.78 is 5.39. The minimum absolute atomic E-state index is 0.763. The van der Waals surface area contributed by atoms with E-state index in [1.54, 1.807) is 0 Å². The Bertz CT molecular complexity index is 192. The van der Waals surface area contributed by atoms with Gasteiger partial charge in [0.05, 0.1) is 6.61 Å². The van der Waals surface area contributed by atoms with Crippen LogP contribution >= 0.6 is 0 Å². The lowest BCUT2D eigenvalue weighted by Gasteiger charge is -2.35. The van der Waals surface area contributed by atoms with Crippen LogP contribution in [0.4, 0.5) is 0 Å². The third-order valence-electron chi connectivity index (χ3n) is 3.99. The highest BCUT2D eigenvalue weighted by Crippen LogP contribution is 2.16. The molecule has 2 rings (SSSR count). The summed E-state index contributed by atoms with van der Waals surface area (Å²) in [6.07, 6.45) is 5.42. The molecule has 0 aromatic heterocycles. The second-order valence-electron chi connectivity index (χ2n) is 5.17. The molecule has 2 heterocycles. The Labute approximate surface area is 99.5 Å². The van der Waals surface area contributed by atoms with Crippen molar-refractivity contribution >= 4 is 0 Å². The van der Waals surface area contributed by atoms with Gasteiger partial charge in [-0.2, -0.15) is 0 Å². The maximum Gasteiger partial charge on any atom is 0.0507 e. The standard InChI is InChI=1S/C13H26N2O/c1-2-15-7-4-3-5-13(15)10-14-9-12-6-8-16-11-12/h12-14H,2-11H2,1H3. The molecule has 2 aliphatic heterocycles. The summed E-state index contributed by atoms with van der Waals surface area (Å²) >= 11 is 0. The first-order chi connectivity index (χ1) is 7.90. The van der Waals surface area contributed by atoms with E-state index in [1.165, 1.54) is 45.3 Å². The highest BCUT2D eigenvalue weighted by atomic mass is 16.5. The molecule has 0 aromatic rings. The average Bonchev–Trinajstić information content (AvgIpc) is 2.83. The van der Waals surface area contributed by atoms with Gasteiger partial charge in [-0.05, 0) is 38.3 Å². The second kappa shape index (κ2) is 6.58. The van der Waals surface area contributed by atoms with Crippen LogP contribution in [-0.2, 0) is 4.74 Å². The molecule has 94 valence electrons. The number of rotatable bonds is 5. The quantitative estimate of drug-likeness (QED) is 0.768. The van der Waals surface area contributed by atoms with Crippen LogP contribution in [0.1, 0.15) is 32.6 Å². The van der Waals surface area contributed by atoms with Gasteiger partial charge in [-0.1, -0.05) is 13.3 Å². The van der Waals surface area contributed by atoms with E-state index in [2.05, 4.69) is 17.1 Å². The van der Waals surface area contributed by atoms with Gasteiger partial charge in [0, 0.05) is 25.7 Å².